The highest BCUT2D eigenvalue weighted by Gasteiger charge is 2.41. The fourth-order valence-electron chi connectivity index (χ4n) is 6.20. The Morgan fingerprint density at radius 3 is 2.62 bits per heavy atom. The van der Waals surface area contributed by atoms with Crippen molar-refractivity contribution >= 4 is 28.9 Å². The van der Waals surface area contributed by atoms with Gasteiger partial charge in [0.25, 0.3) is 0 Å². The van der Waals surface area contributed by atoms with Crippen molar-refractivity contribution in [2.24, 2.45) is 0 Å². The molecule has 1 saturated heterocycles. The minimum atomic E-state index is -0.0740. The van der Waals surface area contributed by atoms with Crippen molar-refractivity contribution in [1.82, 2.24) is 19.8 Å². The first kappa shape index (κ1) is 25.5. The summed E-state index contributed by atoms with van der Waals surface area (Å²) < 4.78 is 2.53. The van der Waals surface area contributed by atoms with Gasteiger partial charge in [0.1, 0.15) is 0 Å². The third kappa shape index (κ3) is 5.14. The number of carbonyl (C=O) groups is 1. The Balaban J connectivity index is 1.42. The lowest BCUT2D eigenvalue weighted by Gasteiger charge is -2.28. The number of nitrogens with one attached hydrogen (secondary N) is 2. The number of rotatable bonds is 8. The Morgan fingerprint density at radius 2 is 1.89 bits per heavy atom. The number of thiocarbonyl (C=S) groups is 1. The Morgan fingerprint density at radius 1 is 1.14 bits per heavy atom. The van der Waals surface area contributed by atoms with Crippen molar-refractivity contribution in [3.8, 4) is 0 Å². The number of nitrogens with zero attached hydrogens (tertiary/aromatic N) is 3. The predicted octanol–water partition coefficient (Wildman–Crippen LogP) is 6.18. The van der Waals surface area contributed by atoms with Crippen LogP contribution in [0.2, 0.25) is 0 Å². The number of para-hydroxylation sites is 1. The van der Waals surface area contributed by atoms with Gasteiger partial charge in [0.2, 0.25) is 5.91 Å². The van der Waals surface area contributed by atoms with Gasteiger partial charge in [0.05, 0.1) is 17.8 Å². The summed E-state index contributed by atoms with van der Waals surface area (Å²) in [5.74, 6) is 0.000152. The Kier molecular flexibility index (Phi) is 7.60. The van der Waals surface area contributed by atoms with Crippen LogP contribution in [0.15, 0.2) is 54.7 Å². The van der Waals surface area contributed by atoms with Crippen LogP contribution in [-0.2, 0) is 11.2 Å². The second kappa shape index (κ2) is 11.1. The second-order valence-electron chi connectivity index (χ2n) is 10.3. The van der Waals surface area contributed by atoms with Gasteiger partial charge in [-0.15, -0.1) is 0 Å². The van der Waals surface area contributed by atoms with Crippen LogP contribution in [0.25, 0.3) is 0 Å². The third-order valence-electron chi connectivity index (χ3n) is 7.98. The molecule has 2 atom stereocenters. The highest BCUT2D eigenvalue weighted by Crippen LogP contribution is 2.43. The molecule has 2 aliphatic rings. The van der Waals surface area contributed by atoms with E-state index in [0.29, 0.717) is 24.1 Å². The third-order valence-corrected chi connectivity index (χ3v) is 8.33. The van der Waals surface area contributed by atoms with Crippen LogP contribution in [0, 0.1) is 13.8 Å². The monoisotopic (exact) mass is 515 g/mol. The zero-order valence-corrected chi connectivity index (χ0v) is 22.9. The number of hydrogen-bond donors (Lipinski definition) is 2. The smallest absolute Gasteiger partial charge is 0.226 e. The maximum absolute atomic E-state index is 13.0. The number of carbonyl (C=O) groups excluding carboxylic acids is 1. The van der Waals surface area contributed by atoms with Gasteiger partial charge in [-0.3, -0.25) is 9.78 Å². The summed E-state index contributed by atoms with van der Waals surface area (Å²) in [6.45, 7) is 7.09. The van der Waals surface area contributed by atoms with Crippen LogP contribution in [0.5, 0.6) is 0 Å². The number of aromatic nitrogens is 2. The van der Waals surface area contributed by atoms with Gasteiger partial charge >= 0.3 is 0 Å². The Hall–Kier alpha value is -3.19. The van der Waals surface area contributed by atoms with E-state index in [2.05, 4.69) is 64.1 Å². The van der Waals surface area contributed by atoms with E-state index < -0.39 is 0 Å². The topological polar surface area (TPSA) is 62.2 Å². The summed E-state index contributed by atoms with van der Waals surface area (Å²) in [6, 6.07) is 16.8. The van der Waals surface area contributed by atoms with Crippen LogP contribution in [0.1, 0.15) is 85.4 Å². The molecule has 0 spiro atoms. The lowest BCUT2D eigenvalue weighted by Crippen LogP contribution is -2.33. The van der Waals surface area contributed by atoms with Gasteiger partial charge < -0.3 is 20.1 Å². The molecule has 1 aromatic carbocycles. The first-order valence-corrected chi connectivity index (χ1v) is 13.9. The van der Waals surface area contributed by atoms with Crippen molar-refractivity contribution in [1.29, 1.82) is 0 Å². The number of benzene rings is 1. The summed E-state index contributed by atoms with van der Waals surface area (Å²) in [5, 5.41) is 7.33. The highest BCUT2D eigenvalue weighted by molar-refractivity contribution is 7.80. The minimum absolute atomic E-state index is 0.000152. The second-order valence-corrected chi connectivity index (χ2v) is 10.7. The maximum atomic E-state index is 13.0. The van der Waals surface area contributed by atoms with Crippen LogP contribution >= 0.6 is 12.2 Å². The van der Waals surface area contributed by atoms with Crippen LogP contribution < -0.4 is 10.6 Å². The Bertz CT molecular complexity index is 1260. The quantitative estimate of drug-likeness (QED) is 0.351. The van der Waals surface area contributed by atoms with Crippen molar-refractivity contribution < 1.29 is 4.79 Å². The average molecular weight is 516 g/mol. The van der Waals surface area contributed by atoms with Gasteiger partial charge in [-0.2, -0.15) is 0 Å². The fraction of sp³-hybridized carbons (Fsp3) is 0.433. The summed E-state index contributed by atoms with van der Waals surface area (Å²) in [4.78, 5) is 19.9. The zero-order valence-electron chi connectivity index (χ0n) is 22.0. The molecule has 0 bridgehead atoms. The van der Waals surface area contributed by atoms with Gasteiger partial charge in [-0.05, 0) is 80.7 Å². The van der Waals surface area contributed by atoms with E-state index in [4.69, 9.17) is 12.2 Å². The van der Waals surface area contributed by atoms with E-state index in [1.165, 1.54) is 42.6 Å². The van der Waals surface area contributed by atoms with E-state index in [1.807, 2.05) is 36.5 Å². The van der Waals surface area contributed by atoms with Crippen LogP contribution in [0.3, 0.4) is 0 Å². The van der Waals surface area contributed by atoms with Crippen molar-refractivity contribution in [3.63, 3.8) is 0 Å². The van der Waals surface area contributed by atoms with Gasteiger partial charge in [0, 0.05) is 42.3 Å². The molecule has 5 rings (SSSR count). The van der Waals surface area contributed by atoms with E-state index in [0.717, 1.165) is 23.4 Å². The number of hydrogen-bond acceptors (Lipinski definition) is 3. The van der Waals surface area contributed by atoms with E-state index >= 15 is 0 Å². The van der Waals surface area contributed by atoms with Crippen LogP contribution in [-0.4, -0.2) is 32.0 Å². The summed E-state index contributed by atoms with van der Waals surface area (Å²) in [5.41, 5.74) is 6.86. The standard InChI is InChI=1S/C30H37N5OS/c1-4-22-11-5-8-14-25(22)32-27(36)16-18-34-29(28(33-30(34)37)26-15-9-10-17-31-26)24-19-20(2)35(21(24)3)23-12-6-7-13-23/h5,8-11,14-15,17,19,23,28-29H,4,6-7,12-13,16,18H2,1-3H3,(H,32,36)(H,33,37)/t28-,29-/m0/s1. The molecule has 2 aromatic heterocycles. The molecule has 0 radical (unpaired) electrons. The molecular weight excluding hydrogens is 478 g/mol. The number of anilines is 1. The molecule has 1 aliphatic heterocycles. The van der Waals surface area contributed by atoms with Crippen molar-refractivity contribution in [2.45, 2.75) is 77.4 Å². The van der Waals surface area contributed by atoms with Crippen molar-refractivity contribution in [3.05, 3.63) is 82.9 Å². The van der Waals surface area contributed by atoms with Crippen LogP contribution in [0.4, 0.5) is 5.69 Å². The molecule has 1 aliphatic carbocycles. The fourth-order valence-corrected chi connectivity index (χ4v) is 6.53. The van der Waals surface area contributed by atoms with Gasteiger partial charge in [0.15, 0.2) is 5.11 Å². The Labute approximate surface area is 225 Å². The first-order valence-electron chi connectivity index (χ1n) is 13.5. The molecule has 6 nitrogen and oxygen atoms in total. The molecule has 2 N–H and O–H groups in total. The molecule has 2 fully saturated rings. The molecule has 37 heavy (non-hydrogen) atoms. The highest BCUT2D eigenvalue weighted by atomic mass is 32.1. The largest absolute Gasteiger partial charge is 0.352 e. The molecule has 1 amide bonds. The molecular formula is C30H37N5OS. The zero-order chi connectivity index (χ0) is 25.9. The molecule has 7 heteroatoms. The number of aryl methyl sites for hydroxylation is 2. The lowest BCUT2D eigenvalue weighted by atomic mass is 9.96. The molecule has 1 saturated carbocycles. The van der Waals surface area contributed by atoms with E-state index in [1.54, 1.807) is 0 Å². The predicted molar refractivity (Wildman–Crippen MR) is 153 cm³/mol. The maximum Gasteiger partial charge on any atom is 0.226 e. The average Bonchev–Trinajstić information content (AvgIpc) is 3.61. The summed E-state index contributed by atoms with van der Waals surface area (Å²) in [6.07, 6.45) is 8.14. The van der Waals surface area contributed by atoms with Gasteiger partial charge in [-0.1, -0.05) is 44.0 Å². The molecule has 194 valence electrons. The van der Waals surface area contributed by atoms with Crippen molar-refractivity contribution in [2.75, 3.05) is 11.9 Å². The van der Waals surface area contributed by atoms with E-state index in [-0.39, 0.29) is 18.0 Å². The molecule has 3 aromatic rings. The van der Waals surface area contributed by atoms with Gasteiger partial charge in [-0.25, -0.2) is 0 Å². The SMILES string of the molecule is CCc1ccccc1NC(=O)CCN1C(=S)N[C@@H](c2ccccn2)[C@@H]1c1cc(C)n(C2CCCC2)c1C. The molecule has 0 unspecified atom stereocenters. The first-order chi connectivity index (χ1) is 18.0. The van der Waals surface area contributed by atoms with E-state index in [9.17, 15) is 4.79 Å². The summed E-state index contributed by atoms with van der Waals surface area (Å²) >= 11 is 5.85. The summed E-state index contributed by atoms with van der Waals surface area (Å²) in [7, 11) is 0. The number of amides is 1. The lowest BCUT2D eigenvalue weighted by molar-refractivity contribution is -0.116. The minimum Gasteiger partial charge on any atom is -0.352 e. The number of pyridine rings is 1. The normalized spacial score (nSPS) is 19.9. The molecule has 3 heterocycles.